The molecule has 0 aliphatic heterocycles. The Balaban J connectivity index is 2.56. The van der Waals surface area contributed by atoms with Crippen LogP contribution in [0.25, 0.3) is 0 Å². The van der Waals surface area contributed by atoms with Crippen molar-refractivity contribution >= 4 is 16.7 Å². The van der Waals surface area contributed by atoms with Gasteiger partial charge in [-0.15, -0.1) is 0 Å². The predicted molar refractivity (Wildman–Crippen MR) is 89.9 cm³/mol. The van der Waals surface area contributed by atoms with Gasteiger partial charge in [0, 0.05) is 34.9 Å². The average Bonchev–Trinajstić information content (AvgIpc) is 2.46. The Morgan fingerprint density at radius 3 is 2.71 bits per heavy atom. The molecule has 0 aliphatic rings. The van der Waals surface area contributed by atoms with E-state index in [1.807, 2.05) is 24.3 Å². The zero-order valence-corrected chi connectivity index (χ0v) is 14.2. The summed E-state index contributed by atoms with van der Waals surface area (Å²) in [6, 6.07) is 7.41. The maximum Gasteiger partial charge on any atom is 0.251 e. The van der Waals surface area contributed by atoms with E-state index in [1.54, 1.807) is 6.26 Å². The number of rotatable bonds is 9. The van der Waals surface area contributed by atoms with Gasteiger partial charge in [-0.25, -0.2) is 0 Å². The van der Waals surface area contributed by atoms with Gasteiger partial charge in [-0.1, -0.05) is 45.2 Å². The Morgan fingerprint density at radius 2 is 2.10 bits per heavy atom. The lowest BCUT2D eigenvalue weighted by molar-refractivity contribution is 0.0945. The first-order valence-electron chi connectivity index (χ1n) is 7.74. The van der Waals surface area contributed by atoms with Gasteiger partial charge in [0.25, 0.3) is 5.91 Å². The quantitative estimate of drug-likeness (QED) is 0.758. The number of carbonyl (C=O) groups is 1. The van der Waals surface area contributed by atoms with Crippen LogP contribution in [0.5, 0.6) is 0 Å². The molecule has 1 N–H and O–H groups in total. The first kappa shape index (κ1) is 17.9. The van der Waals surface area contributed by atoms with Crippen LogP contribution in [0.1, 0.15) is 55.5 Å². The largest absolute Gasteiger partial charge is 0.352 e. The smallest absolute Gasteiger partial charge is 0.251 e. The Labute approximate surface area is 131 Å². The van der Waals surface area contributed by atoms with Crippen molar-refractivity contribution in [2.45, 2.75) is 45.3 Å². The second-order valence-corrected chi connectivity index (χ2v) is 6.98. The van der Waals surface area contributed by atoms with E-state index >= 15 is 0 Å². The minimum atomic E-state index is -0.886. The minimum absolute atomic E-state index is 0.0336. The average molecular weight is 309 g/mol. The molecule has 1 amide bonds. The summed E-state index contributed by atoms with van der Waals surface area (Å²) in [5.74, 6) is 1.02. The normalized spacial score (nSPS) is 13.7. The van der Waals surface area contributed by atoms with Crippen LogP contribution >= 0.6 is 0 Å². The Hall–Kier alpha value is -1.16. The van der Waals surface area contributed by atoms with Crippen molar-refractivity contribution in [3.63, 3.8) is 0 Å². The minimum Gasteiger partial charge on any atom is -0.352 e. The number of hydrogen-bond acceptors (Lipinski definition) is 2. The maximum absolute atomic E-state index is 12.2. The Kier molecular flexibility index (Phi) is 8.28. The van der Waals surface area contributed by atoms with Crippen LogP contribution in [0.2, 0.25) is 0 Å². The van der Waals surface area contributed by atoms with Gasteiger partial charge in [0.1, 0.15) is 0 Å². The Bertz CT molecular complexity index is 474. The lowest BCUT2D eigenvalue weighted by Crippen LogP contribution is -2.29. The highest BCUT2D eigenvalue weighted by Gasteiger charge is 2.10. The molecule has 0 spiro atoms. The fraction of sp³-hybridized carbons (Fsp3) is 0.588. The van der Waals surface area contributed by atoms with Gasteiger partial charge in [-0.3, -0.25) is 9.00 Å². The van der Waals surface area contributed by atoms with Crippen LogP contribution in [0.15, 0.2) is 24.3 Å². The van der Waals surface area contributed by atoms with Crippen LogP contribution in [0.4, 0.5) is 0 Å². The number of benzene rings is 1. The van der Waals surface area contributed by atoms with Crippen molar-refractivity contribution in [3.8, 4) is 0 Å². The molecule has 1 aromatic rings. The highest BCUT2D eigenvalue weighted by molar-refractivity contribution is 7.83. The van der Waals surface area contributed by atoms with Crippen LogP contribution in [0.3, 0.4) is 0 Å². The van der Waals surface area contributed by atoms with Gasteiger partial charge < -0.3 is 5.32 Å². The van der Waals surface area contributed by atoms with Gasteiger partial charge in [-0.05, 0) is 30.0 Å². The molecule has 0 saturated carbocycles. The topological polar surface area (TPSA) is 46.2 Å². The summed E-state index contributed by atoms with van der Waals surface area (Å²) < 4.78 is 11.3. The second kappa shape index (κ2) is 9.72. The summed E-state index contributed by atoms with van der Waals surface area (Å²) in [7, 11) is -0.886. The van der Waals surface area contributed by atoms with Crippen LogP contribution in [-0.2, 0) is 16.6 Å². The van der Waals surface area contributed by atoms with Gasteiger partial charge in [0.2, 0.25) is 0 Å². The number of hydrogen-bond donors (Lipinski definition) is 1. The first-order valence-corrected chi connectivity index (χ1v) is 9.46. The monoisotopic (exact) mass is 309 g/mol. The van der Waals surface area contributed by atoms with Gasteiger partial charge in [0.05, 0.1) is 0 Å². The first-order chi connectivity index (χ1) is 10.1. The summed E-state index contributed by atoms with van der Waals surface area (Å²) in [5.41, 5.74) is 1.60. The van der Waals surface area contributed by atoms with E-state index < -0.39 is 10.8 Å². The SMILES string of the molecule is CCCCC(CC)CNC(=O)c1cccc(CS(C)=O)c1. The summed E-state index contributed by atoms with van der Waals surface area (Å²) >= 11 is 0. The van der Waals surface area contributed by atoms with Crippen LogP contribution in [0, 0.1) is 5.92 Å². The molecule has 2 unspecified atom stereocenters. The number of nitrogens with one attached hydrogen (secondary N) is 1. The maximum atomic E-state index is 12.2. The number of amides is 1. The molecule has 0 aliphatic carbocycles. The lowest BCUT2D eigenvalue weighted by atomic mass is 9.99. The molecular weight excluding hydrogens is 282 g/mol. The lowest BCUT2D eigenvalue weighted by Gasteiger charge is -2.15. The van der Waals surface area contributed by atoms with Crippen molar-refractivity contribution in [3.05, 3.63) is 35.4 Å². The molecule has 3 nitrogen and oxygen atoms in total. The van der Waals surface area contributed by atoms with Gasteiger partial charge in [0.15, 0.2) is 0 Å². The summed E-state index contributed by atoms with van der Waals surface area (Å²) in [6.45, 7) is 5.09. The molecule has 4 heteroatoms. The molecule has 2 atom stereocenters. The highest BCUT2D eigenvalue weighted by atomic mass is 32.2. The van der Waals surface area contributed by atoms with E-state index in [4.69, 9.17) is 0 Å². The van der Waals surface area contributed by atoms with Crippen molar-refractivity contribution in [1.29, 1.82) is 0 Å². The molecule has 1 aromatic carbocycles. The van der Waals surface area contributed by atoms with Crippen molar-refractivity contribution in [2.24, 2.45) is 5.92 Å². The van der Waals surface area contributed by atoms with E-state index in [1.165, 1.54) is 19.3 Å². The number of unbranched alkanes of at least 4 members (excludes halogenated alkanes) is 1. The molecule has 0 fully saturated rings. The molecule has 0 heterocycles. The molecule has 1 rings (SSSR count). The standard InChI is InChI=1S/C17H27NO2S/c1-4-6-8-14(5-2)12-18-17(19)16-10-7-9-15(11-16)13-21(3)20/h7,9-11,14H,4-6,8,12-13H2,1-3H3,(H,18,19). The summed E-state index contributed by atoms with van der Waals surface area (Å²) in [6.07, 6.45) is 6.34. The number of carbonyl (C=O) groups excluding carboxylic acids is 1. The molecule has 21 heavy (non-hydrogen) atoms. The third-order valence-electron chi connectivity index (χ3n) is 3.65. The third-order valence-corrected chi connectivity index (χ3v) is 4.39. The van der Waals surface area contributed by atoms with Crippen LogP contribution in [-0.4, -0.2) is 22.9 Å². The third kappa shape index (κ3) is 6.89. The highest BCUT2D eigenvalue weighted by Crippen LogP contribution is 2.12. The summed E-state index contributed by atoms with van der Waals surface area (Å²) in [4.78, 5) is 12.2. The molecule has 0 bridgehead atoms. The van der Waals surface area contributed by atoms with E-state index in [2.05, 4.69) is 19.2 Å². The zero-order valence-electron chi connectivity index (χ0n) is 13.4. The fourth-order valence-electron chi connectivity index (χ4n) is 2.32. The van der Waals surface area contributed by atoms with Crippen molar-refractivity contribution in [1.82, 2.24) is 5.32 Å². The van der Waals surface area contributed by atoms with E-state index in [9.17, 15) is 9.00 Å². The molecule has 0 radical (unpaired) electrons. The molecule has 0 aromatic heterocycles. The molecule has 118 valence electrons. The van der Waals surface area contributed by atoms with Crippen LogP contribution < -0.4 is 5.32 Å². The van der Waals surface area contributed by atoms with Crippen molar-refractivity contribution in [2.75, 3.05) is 12.8 Å². The Morgan fingerprint density at radius 1 is 1.33 bits per heavy atom. The fourth-order valence-corrected chi connectivity index (χ4v) is 2.97. The van der Waals surface area contributed by atoms with Gasteiger partial charge >= 0.3 is 0 Å². The predicted octanol–water partition coefficient (Wildman–Crippen LogP) is 3.51. The summed E-state index contributed by atoms with van der Waals surface area (Å²) in [5, 5.41) is 3.02. The molecule has 0 saturated heterocycles. The van der Waals surface area contributed by atoms with E-state index in [0.717, 1.165) is 18.5 Å². The molecular formula is C17H27NO2S. The van der Waals surface area contributed by atoms with E-state index in [-0.39, 0.29) is 5.91 Å². The van der Waals surface area contributed by atoms with Crippen molar-refractivity contribution < 1.29 is 9.00 Å². The zero-order chi connectivity index (χ0) is 15.7. The van der Waals surface area contributed by atoms with Gasteiger partial charge in [-0.2, -0.15) is 0 Å². The van der Waals surface area contributed by atoms with E-state index in [0.29, 0.717) is 17.2 Å². The second-order valence-electron chi connectivity index (χ2n) is 5.54.